The van der Waals surface area contributed by atoms with Crippen molar-refractivity contribution in [3.8, 4) is 0 Å². The van der Waals surface area contributed by atoms with Crippen LogP contribution in [-0.2, 0) is 4.79 Å². The third-order valence-corrected chi connectivity index (χ3v) is 4.46. The Balaban J connectivity index is 1.59. The Morgan fingerprint density at radius 2 is 2.05 bits per heavy atom. The number of nitrogens with zero attached hydrogens (tertiary/aromatic N) is 2. The Kier molecular flexibility index (Phi) is 6.82. The number of β-amino-alcohol motifs (C(OH)–C–C–N with tert-alkyl or cyclic N) is 1. The molecule has 7 heteroatoms. The molecule has 0 unspecified atom stereocenters. The van der Waals surface area contributed by atoms with E-state index < -0.39 is 0 Å². The van der Waals surface area contributed by atoms with Gasteiger partial charge in [-0.2, -0.15) is 11.3 Å². The van der Waals surface area contributed by atoms with E-state index in [1.807, 2.05) is 15.7 Å². The molecule has 2 rings (SSSR count). The quantitative estimate of drug-likeness (QED) is 0.712. The van der Waals surface area contributed by atoms with Crippen molar-refractivity contribution in [3.05, 3.63) is 22.4 Å². The van der Waals surface area contributed by atoms with Crippen molar-refractivity contribution in [3.63, 3.8) is 0 Å². The largest absolute Gasteiger partial charge is 0.395 e. The number of piperazine rings is 1. The van der Waals surface area contributed by atoms with Crippen molar-refractivity contribution in [2.45, 2.75) is 12.8 Å². The van der Waals surface area contributed by atoms with Gasteiger partial charge < -0.3 is 15.3 Å². The zero-order chi connectivity index (χ0) is 15.8. The molecule has 1 saturated heterocycles. The number of rotatable bonds is 7. The lowest BCUT2D eigenvalue weighted by atomic mass is 10.2. The van der Waals surface area contributed by atoms with Crippen LogP contribution in [0.25, 0.3) is 0 Å². The van der Waals surface area contributed by atoms with Gasteiger partial charge in [-0.05, 0) is 17.9 Å². The van der Waals surface area contributed by atoms with Crippen LogP contribution in [0.3, 0.4) is 0 Å². The average Bonchev–Trinajstić information content (AvgIpc) is 3.06. The number of hydrogen-bond donors (Lipinski definition) is 2. The molecule has 2 amide bonds. The van der Waals surface area contributed by atoms with Crippen LogP contribution in [0.5, 0.6) is 0 Å². The van der Waals surface area contributed by atoms with E-state index in [4.69, 9.17) is 5.11 Å². The number of aliphatic hydroxyl groups is 1. The van der Waals surface area contributed by atoms with E-state index in [0.717, 1.165) is 26.2 Å². The Bertz CT molecular complexity index is 470. The molecule has 122 valence electrons. The highest BCUT2D eigenvalue weighted by molar-refractivity contribution is 7.08. The van der Waals surface area contributed by atoms with E-state index >= 15 is 0 Å². The number of nitrogens with one attached hydrogen (secondary N) is 1. The molecule has 0 saturated carbocycles. The van der Waals surface area contributed by atoms with Crippen LogP contribution in [0.4, 0.5) is 0 Å². The summed E-state index contributed by atoms with van der Waals surface area (Å²) < 4.78 is 0. The predicted molar refractivity (Wildman–Crippen MR) is 86.0 cm³/mol. The normalized spacial score (nSPS) is 15.8. The number of amides is 2. The van der Waals surface area contributed by atoms with Gasteiger partial charge in [0.2, 0.25) is 5.91 Å². The molecule has 1 fully saturated rings. The summed E-state index contributed by atoms with van der Waals surface area (Å²) in [6.07, 6.45) is 1.12. The second-order valence-corrected chi connectivity index (χ2v) is 6.10. The second-order valence-electron chi connectivity index (χ2n) is 5.32. The van der Waals surface area contributed by atoms with Crippen molar-refractivity contribution in [2.75, 3.05) is 45.9 Å². The van der Waals surface area contributed by atoms with E-state index in [2.05, 4.69) is 10.2 Å². The summed E-state index contributed by atoms with van der Waals surface area (Å²) >= 11 is 1.49. The predicted octanol–water partition coefficient (Wildman–Crippen LogP) is 0.395. The van der Waals surface area contributed by atoms with Gasteiger partial charge in [-0.15, -0.1) is 0 Å². The maximum absolute atomic E-state index is 12.1. The highest BCUT2D eigenvalue weighted by Gasteiger charge is 2.20. The number of carbonyl (C=O) groups excluding carboxylic acids is 2. The molecular weight excluding hydrogens is 302 g/mol. The molecule has 2 heterocycles. The molecule has 0 radical (unpaired) electrons. The zero-order valence-corrected chi connectivity index (χ0v) is 13.5. The van der Waals surface area contributed by atoms with E-state index in [9.17, 15) is 9.59 Å². The maximum atomic E-state index is 12.1. The van der Waals surface area contributed by atoms with Gasteiger partial charge in [0.05, 0.1) is 6.61 Å². The van der Waals surface area contributed by atoms with Crippen molar-refractivity contribution in [2.24, 2.45) is 0 Å². The molecule has 0 aromatic carbocycles. The van der Waals surface area contributed by atoms with Crippen LogP contribution in [0.1, 0.15) is 23.2 Å². The molecule has 0 bridgehead atoms. The first kappa shape index (κ1) is 16.9. The van der Waals surface area contributed by atoms with Gasteiger partial charge in [0.15, 0.2) is 0 Å². The molecule has 1 aliphatic rings. The molecular formula is C15H23N3O3S. The van der Waals surface area contributed by atoms with Crippen LogP contribution in [-0.4, -0.2) is 72.6 Å². The van der Waals surface area contributed by atoms with E-state index in [-0.39, 0.29) is 18.4 Å². The van der Waals surface area contributed by atoms with Crippen LogP contribution in [0.15, 0.2) is 16.8 Å². The van der Waals surface area contributed by atoms with Crippen molar-refractivity contribution >= 4 is 23.2 Å². The summed E-state index contributed by atoms with van der Waals surface area (Å²) in [5.41, 5.74) is 0.677. The lowest BCUT2D eigenvalue weighted by molar-refractivity contribution is -0.133. The van der Waals surface area contributed by atoms with Gasteiger partial charge in [-0.3, -0.25) is 14.5 Å². The minimum Gasteiger partial charge on any atom is -0.395 e. The molecule has 22 heavy (non-hydrogen) atoms. The second kappa shape index (κ2) is 8.87. The number of carbonyl (C=O) groups is 2. The van der Waals surface area contributed by atoms with Gasteiger partial charge in [-0.1, -0.05) is 0 Å². The first-order valence-electron chi connectivity index (χ1n) is 7.62. The standard InChI is InChI=1S/C15H23N3O3S/c19-10-9-17-5-7-18(8-6-17)14(20)2-1-4-16-15(21)13-3-11-22-12-13/h3,11-12,19H,1-2,4-10H2,(H,16,21). The molecule has 1 aliphatic heterocycles. The Morgan fingerprint density at radius 1 is 1.27 bits per heavy atom. The van der Waals surface area contributed by atoms with Crippen LogP contribution in [0, 0.1) is 0 Å². The van der Waals surface area contributed by atoms with E-state index in [1.54, 1.807) is 6.07 Å². The number of hydrogen-bond acceptors (Lipinski definition) is 5. The highest BCUT2D eigenvalue weighted by Crippen LogP contribution is 2.06. The Labute approximate surface area is 134 Å². The maximum Gasteiger partial charge on any atom is 0.252 e. The van der Waals surface area contributed by atoms with Crippen LogP contribution in [0.2, 0.25) is 0 Å². The first-order chi connectivity index (χ1) is 10.7. The van der Waals surface area contributed by atoms with Gasteiger partial charge >= 0.3 is 0 Å². The molecule has 1 aromatic heterocycles. The smallest absolute Gasteiger partial charge is 0.252 e. The summed E-state index contributed by atoms with van der Waals surface area (Å²) in [6, 6.07) is 1.79. The minimum absolute atomic E-state index is 0.0775. The van der Waals surface area contributed by atoms with Gasteiger partial charge in [0, 0.05) is 56.6 Å². The Morgan fingerprint density at radius 3 is 2.68 bits per heavy atom. The van der Waals surface area contributed by atoms with Gasteiger partial charge in [-0.25, -0.2) is 0 Å². The molecule has 0 atom stereocenters. The summed E-state index contributed by atoms with van der Waals surface area (Å²) in [7, 11) is 0. The monoisotopic (exact) mass is 325 g/mol. The topological polar surface area (TPSA) is 72.9 Å². The van der Waals surface area contributed by atoms with Crippen LogP contribution < -0.4 is 5.32 Å². The average molecular weight is 325 g/mol. The molecule has 0 aliphatic carbocycles. The fourth-order valence-electron chi connectivity index (χ4n) is 2.46. The first-order valence-corrected chi connectivity index (χ1v) is 8.56. The SMILES string of the molecule is O=C(NCCCC(=O)N1CCN(CCO)CC1)c1ccsc1. The molecule has 6 nitrogen and oxygen atoms in total. The number of aliphatic hydroxyl groups excluding tert-OH is 1. The van der Waals surface area contributed by atoms with Crippen LogP contribution >= 0.6 is 11.3 Å². The Hall–Kier alpha value is -1.44. The third-order valence-electron chi connectivity index (χ3n) is 3.78. The van der Waals surface area contributed by atoms with Crippen molar-refractivity contribution in [1.82, 2.24) is 15.1 Å². The lowest BCUT2D eigenvalue weighted by Gasteiger charge is -2.34. The fourth-order valence-corrected chi connectivity index (χ4v) is 3.09. The minimum atomic E-state index is -0.0775. The van der Waals surface area contributed by atoms with Gasteiger partial charge in [0.25, 0.3) is 5.91 Å². The third kappa shape index (κ3) is 5.08. The number of thiophene rings is 1. The molecule has 1 aromatic rings. The van der Waals surface area contributed by atoms with Gasteiger partial charge in [0.1, 0.15) is 0 Å². The summed E-state index contributed by atoms with van der Waals surface area (Å²) in [5.74, 6) is 0.0692. The van der Waals surface area contributed by atoms with E-state index in [0.29, 0.717) is 31.5 Å². The summed E-state index contributed by atoms with van der Waals surface area (Å²) in [6.45, 7) is 4.45. The van der Waals surface area contributed by atoms with Crippen molar-refractivity contribution < 1.29 is 14.7 Å². The lowest BCUT2D eigenvalue weighted by Crippen LogP contribution is -2.49. The molecule has 2 N–H and O–H groups in total. The fraction of sp³-hybridized carbons (Fsp3) is 0.600. The van der Waals surface area contributed by atoms with Crippen molar-refractivity contribution in [1.29, 1.82) is 0 Å². The summed E-state index contributed by atoms with van der Waals surface area (Å²) in [4.78, 5) is 27.8. The zero-order valence-electron chi connectivity index (χ0n) is 12.7. The molecule has 0 spiro atoms. The highest BCUT2D eigenvalue weighted by atomic mass is 32.1. The summed E-state index contributed by atoms with van der Waals surface area (Å²) in [5, 5.41) is 15.4. The van der Waals surface area contributed by atoms with E-state index in [1.165, 1.54) is 11.3 Å².